The lowest BCUT2D eigenvalue weighted by molar-refractivity contribution is 0.299. The summed E-state index contributed by atoms with van der Waals surface area (Å²) in [6, 6.07) is 10.6. The van der Waals surface area contributed by atoms with Gasteiger partial charge in [-0.1, -0.05) is 19.1 Å². The molecule has 0 aromatic heterocycles. The summed E-state index contributed by atoms with van der Waals surface area (Å²) in [5, 5.41) is 3.24. The van der Waals surface area contributed by atoms with E-state index in [4.69, 9.17) is 4.74 Å². The molecule has 21 heavy (non-hydrogen) atoms. The summed E-state index contributed by atoms with van der Waals surface area (Å²) in [7, 11) is 0. The molecular formula is C17H19F2NO. The largest absolute Gasteiger partial charge is 0.489 e. The second-order valence-electron chi connectivity index (χ2n) is 4.88. The number of hydrogen-bond donors (Lipinski definition) is 1. The molecule has 1 unspecified atom stereocenters. The van der Waals surface area contributed by atoms with Crippen LogP contribution in [-0.4, -0.2) is 6.54 Å². The normalized spacial score (nSPS) is 12.2. The molecule has 2 nitrogen and oxygen atoms in total. The minimum absolute atomic E-state index is 0.00563. The van der Waals surface area contributed by atoms with E-state index in [2.05, 4.69) is 5.32 Å². The van der Waals surface area contributed by atoms with Gasteiger partial charge in [-0.3, -0.25) is 0 Å². The lowest BCUT2D eigenvalue weighted by Gasteiger charge is -2.18. The van der Waals surface area contributed by atoms with Crippen molar-refractivity contribution >= 4 is 0 Å². The smallest absolute Gasteiger partial charge is 0.124 e. The molecule has 0 bridgehead atoms. The Balaban J connectivity index is 2.13. The van der Waals surface area contributed by atoms with Gasteiger partial charge < -0.3 is 10.1 Å². The van der Waals surface area contributed by atoms with Gasteiger partial charge >= 0.3 is 0 Å². The molecule has 0 aliphatic carbocycles. The Morgan fingerprint density at radius 1 is 1.05 bits per heavy atom. The molecule has 0 amide bonds. The number of nitrogens with one attached hydrogen (secondary N) is 1. The van der Waals surface area contributed by atoms with E-state index in [0.29, 0.717) is 12.4 Å². The third kappa shape index (κ3) is 4.26. The van der Waals surface area contributed by atoms with Crippen molar-refractivity contribution in [1.82, 2.24) is 5.32 Å². The Morgan fingerprint density at radius 2 is 1.71 bits per heavy atom. The Bertz CT molecular complexity index is 584. The lowest BCUT2D eigenvalue weighted by atomic mass is 10.1. The van der Waals surface area contributed by atoms with Crippen LogP contribution in [0.5, 0.6) is 5.75 Å². The van der Waals surface area contributed by atoms with Gasteiger partial charge in [0.05, 0.1) is 0 Å². The van der Waals surface area contributed by atoms with Crippen LogP contribution in [-0.2, 0) is 6.61 Å². The van der Waals surface area contributed by atoms with Crippen LogP contribution in [0, 0.1) is 11.6 Å². The van der Waals surface area contributed by atoms with Crippen LogP contribution < -0.4 is 10.1 Å². The van der Waals surface area contributed by atoms with Crippen molar-refractivity contribution in [2.24, 2.45) is 0 Å². The highest BCUT2D eigenvalue weighted by atomic mass is 19.1. The molecular weight excluding hydrogens is 272 g/mol. The Labute approximate surface area is 123 Å². The van der Waals surface area contributed by atoms with E-state index in [-0.39, 0.29) is 17.7 Å². The van der Waals surface area contributed by atoms with E-state index in [1.807, 2.05) is 13.8 Å². The SMILES string of the molecule is CCNC(C)c1cc(F)ccc1OCc1ccc(F)cc1. The van der Waals surface area contributed by atoms with E-state index in [0.717, 1.165) is 17.7 Å². The maximum atomic E-state index is 13.4. The molecule has 0 spiro atoms. The molecule has 2 rings (SSSR count). The standard InChI is InChI=1S/C17H19F2NO/c1-3-20-12(2)16-10-15(19)8-9-17(16)21-11-13-4-6-14(18)7-5-13/h4-10,12,20H,3,11H2,1-2H3. The topological polar surface area (TPSA) is 21.3 Å². The van der Waals surface area contributed by atoms with Gasteiger partial charge in [-0.05, 0) is 49.4 Å². The molecule has 0 saturated heterocycles. The van der Waals surface area contributed by atoms with Gasteiger partial charge in [0.15, 0.2) is 0 Å². The molecule has 0 aliphatic rings. The minimum atomic E-state index is -0.288. The summed E-state index contributed by atoms with van der Waals surface area (Å²) in [5.41, 5.74) is 1.64. The number of benzene rings is 2. The first-order valence-corrected chi connectivity index (χ1v) is 7.00. The van der Waals surface area contributed by atoms with E-state index in [1.54, 1.807) is 18.2 Å². The molecule has 1 atom stereocenters. The first-order valence-electron chi connectivity index (χ1n) is 7.00. The van der Waals surface area contributed by atoms with Crippen LogP contribution in [0.25, 0.3) is 0 Å². The monoisotopic (exact) mass is 291 g/mol. The molecule has 0 heterocycles. The second kappa shape index (κ2) is 7.18. The zero-order valence-corrected chi connectivity index (χ0v) is 12.2. The molecule has 2 aromatic carbocycles. The third-order valence-corrected chi connectivity index (χ3v) is 3.26. The minimum Gasteiger partial charge on any atom is -0.489 e. The van der Waals surface area contributed by atoms with Gasteiger partial charge in [0.2, 0.25) is 0 Å². The average Bonchev–Trinajstić information content (AvgIpc) is 2.48. The van der Waals surface area contributed by atoms with Crippen molar-refractivity contribution in [2.75, 3.05) is 6.54 Å². The molecule has 1 N–H and O–H groups in total. The fourth-order valence-corrected chi connectivity index (χ4v) is 2.15. The highest BCUT2D eigenvalue weighted by Crippen LogP contribution is 2.27. The van der Waals surface area contributed by atoms with Crippen molar-refractivity contribution < 1.29 is 13.5 Å². The Hall–Kier alpha value is -1.94. The highest BCUT2D eigenvalue weighted by Gasteiger charge is 2.12. The highest BCUT2D eigenvalue weighted by molar-refractivity contribution is 5.36. The van der Waals surface area contributed by atoms with Crippen LogP contribution in [0.4, 0.5) is 8.78 Å². The van der Waals surface area contributed by atoms with E-state index in [1.165, 1.54) is 24.3 Å². The summed E-state index contributed by atoms with van der Waals surface area (Å²) < 4.78 is 32.0. The average molecular weight is 291 g/mol. The van der Waals surface area contributed by atoms with Gasteiger partial charge in [-0.15, -0.1) is 0 Å². The maximum absolute atomic E-state index is 13.4. The number of rotatable bonds is 6. The molecule has 0 saturated carbocycles. The molecule has 112 valence electrons. The zero-order chi connectivity index (χ0) is 15.2. The van der Waals surface area contributed by atoms with Gasteiger partial charge in [0.25, 0.3) is 0 Å². The lowest BCUT2D eigenvalue weighted by Crippen LogP contribution is -2.18. The maximum Gasteiger partial charge on any atom is 0.124 e. The summed E-state index contributed by atoms with van der Waals surface area (Å²) in [4.78, 5) is 0. The van der Waals surface area contributed by atoms with Gasteiger partial charge in [0, 0.05) is 11.6 Å². The summed E-state index contributed by atoms with van der Waals surface area (Å²) in [6.45, 7) is 5.06. The second-order valence-corrected chi connectivity index (χ2v) is 4.88. The Morgan fingerprint density at radius 3 is 2.38 bits per heavy atom. The predicted octanol–water partition coefficient (Wildman–Crippen LogP) is 4.21. The van der Waals surface area contributed by atoms with E-state index in [9.17, 15) is 8.78 Å². The van der Waals surface area contributed by atoms with Gasteiger partial charge in [-0.25, -0.2) is 8.78 Å². The van der Waals surface area contributed by atoms with Crippen molar-refractivity contribution in [3.63, 3.8) is 0 Å². The van der Waals surface area contributed by atoms with Crippen LogP contribution in [0.1, 0.15) is 31.0 Å². The van der Waals surface area contributed by atoms with Crippen molar-refractivity contribution in [1.29, 1.82) is 0 Å². The number of halogens is 2. The molecule has 4 heteroatoms. The van der Waals surface area contributed by atoms with Crippen LogP contribution in [0.3, 0.4) is 0 Å². The quantitative estimate of drug-likeness (QED) is 0.860. The van der Waals surface area contributed by atoms with Crippen LogP contribution >= 0.6 is 0 Å². The summed E-state index contributed by atoms with van der Waals surface area (Å²) in [6.07, 6.45) is 0. The van der Waals surface area contributed by atoms with Crippen LogP contribution in [0.2, 0.25) is 0 Å². The first kappa shape index (κ1) is 15.4. The molecule has 0 radical (unpaired) electrons. The third-order valence-electron chi connectivity index (χ3n) is 3.26. The summed E-state index contributed by atoms with van der Waals surface area (Å²) >= 11 is 0. The molecule has 2 aromatic rings. The number of ether oxygens (including phenoxy) is 1. The Kier molecular flexibility index (Phi) is 5.28. The van der Waals surface area contributed by atoms with Crippen molar-refractivity contribution in [2.45, 2.75) is 26.5 Å². The molecule has 0 aliphatic heterocycles. The van der Waals surface area contributed by atoms with Crippen molar-refractivity contribution in [3.05, 3.63) is 65.2 Å². The number of hydrogen-bond acceptors (Lipinski definition) is 2. The summed E-state index contributed by atoms with van der Waals surface area (Å²) in [5.74, 6) is 0.0695. The molecule has 0 fully saturated rings. The van der Waals surface area contributed by atoms with E-state index < -0.39 is 0 Å². The first-order chi connectivity index (χ1) is 10.1. The van der Waals surface area contributed by atoms with E-state index >= 15 is 0 Å². The van der Waals surface area contributed by atoms with Crippen molar-refractivity contribution in [3.8, 4) is 5.75 Å². The predicted molar refractivity (Wildman–Crippen MR) is 79.2 cm³/mol. The fraction of sp³-hybridized carbons (Fsp3) is 0.294. The van der Waals surface area contributed by atoms with Crippen LogP contribution in [0.15, 0.2) is 42.5 Å². The fourth-order valence-electron chi connectivity index (χ4n) is 2.15. The zero-order valence-electron chi connectivity index (χ0n) is 12.2. The van der Waals surface area contributed by atoms with Gasteiger partial charge in [-0.2, -0.15) is 0 Å². The van der Waals surface area contributed by atoms with Gasteiger partial charge in [0.1, 0.15) is 24.0 Å².